The summed E-state index contributed by atoms with van der Waals surface area (Å²) in [6, 6.07) is 0. The van der Waals surface area contributed by atoms with E-state index in [1.165, 1.54) is 199 Å². The fraction of sp³-hybridized carbons (Fsp3) is 0.789. The van der Waals surface area contributed by atoms with Crippen LogP contribution in [0.5, 0.6) is 0 Å². The smallest absolute Gasteiger partial charge is 0.306 e. The molecule has 0 aliphatic carbocycles. The molecule has 0 heterocycles. The SMILES string of the molecule is CC/C=C\C/C=C\C/C=C\C/C=C\C/C=C\CCCCCCCCCCCCCCCCCC(=O)OCC(COC(=O)CCCCCCC/C=C\CCC)OC(=O)CCCCCCCCCCCCCCCCCCCC. The fourth-order valence-corrected chi connectivity index (χ4v) is 9.71. The molecule has 0 aromatic rings. The molecule has 1 atom stereocenters. The van der Waals surface area contributed by atoms with Crippen LogP contribution in [0.25, 0.3) is 0 Å². The van der Waals surface area contributed by atoms with Crippen LogP contribution in [0.2, 0.25) is 0 Å². The van der Waals surface area contributed by atoms with E-state index in [4.69, 9.17) is 14.2 Å². The summed E-state index contributed by atoms with van der Waals surface area (Å²) in [6.07, 6.45) is 85.0. The quantitative estimate of drug-likeness (QED) is 0.0261. The van der Waals surface area contributed by atoms with Gasteiger partial charge in [-0.2, -0.15) is 0 Å². The lowest BCUT2D eigenvalue weighted by Gasteiger charge is -2.18. The largest absolute Gasteiger partial charge is 0.462 e. The van der Waals surface area contributed by atoms with Crippen molar-refractivity contribution in [3.63, 3.8) is 0 Å². The lowest BCUT2D eigenvalue weighted by molar-refractivity contribution is -0.167. The van der Waals surface area contributed by atoms with Crippen LogP contribution in [0.4, 0.5) is 0 Å². The van der Waals surface area contributed by atoms with Gasteiger partial charge in [0, 0.05) is 19.3 Å². The van der Waals surface area contributed by atoms with E-state index in [2.05, 4.69) is 93.7 Å². The van der Waals surface area contributed by atoms with Gasteiger partial charge in [-0.25, -0.2) is 0 Å². The van der Waals surface area contributed by atoms with Crippen molar-refractivity contribution in [2.75, 3.05) is 13.2 Å². The highest BCUT2D eigenvalue weighted by Gasteiger charge is 2.19. The molecule has 0 amide bonds. The minimum atomic E-state index is -0.775. The first-order valence-corrected chi connectivity index (χ1v) is 33.4. The van der Waals surface area contributed by atoms with E-state index < -0.39 is 6.10 Å². The zero-order valence-electron chi connectivity index (χ0n) is 51.2. The molecule has 0 saturated carbocycles. The molecule has 0 fully saturated rings. The third-order valence-electron chi connectivity index (χ3n) is 14.7. The maximum Gasteiger partial charge on any atom is 0.306 e. The highest BCUT2D eigenvalue weighted by molar-refractivity contribution is 5.71. The summed E-state index contributed by atoms with van der Waals surface area (Å²) in [5, 5.41) is 0. The molecule has 446 valence electrons. The molecule has 6 nitrogen and oxygen atoms in total. The first-order chi connectivity index (χ1) is 38.0. The third-order valence-corrected chi connectivity index (χ3v) is 14.7. The van der Waals surface area contributed by atoms with Crippen LogP contribution in [0.1, 0.15) is 342 Å². The highest BCUT2D eigenvalue weighted by Crippen LogP contribution is 2.18. The van der Waals surface area contributed by atoms with E-state index in [-0.39, 0.29) is 31.1 Å². The molecule has 1 unspecified atom stereocenters. The second kappa shape index (κ2) is 65.4. The molecule has 0 saturated heterocycles. The maximum atomic E-state index is 12.9. The predicted octanol–water partition coefficient (Wildman–Crippen LogP) is 22.9. The lowest BCUT2D eigenvalue weighted by atomic mass is 10.0. The first-order valence-electron chi connectivity index (χ1n) is 33.4. The number of ether oxygens (including phenoxy) is 3. The molecule has 6 heteroatoms. The number of unbranched alkanes of at least 4 members (excludes halogenated alkanes) is 38. The van der Waals surface area contributed by atoms with Gasteiger partial charge in [-0.3, -0.25) is 14.4 Å². The molecule has 0 aromatic heterocycles. The average molecular weight is 1080 g/mol. The second-order valence-corrected chi connectivity index (χ2v) is 22.4. The Bertz CT molecular complexity index is 1420. The Morgan fingerprint density at radius 2 is 0.532 bits per heavy atom. The lowest BCUT2D eigenvalue weighted by Crippen LogP contribution is -2.30. The molecule has 0 spiro atoms. The average Bonchev–Trinajstić information content (AvgIpc) is 3.43. The summed E-state index contributed by atoms with van der Waals surface area (Å²) in [6.45, 7) is 6.50. The van der Waals surface area contributed by atoms with Crippen LogP contribution in [-0.4, -0.2) is 37.2 Å². The van der Waals surface area contributed by atoms with Crippen molar-refractivity contribution >= 4 is 17.9 Å². The van der Waals surface area contributed by atoms with E-state index in [1.807, 2.05) is 0 Å². The third kappa shape index (κ3) is 63.6. The molecule has 0 aromatic carbocycles. The van der Waals surface area contributed by atoms with Crippen LogP contribution in [0.15, 0.2) is 72.9 Å². The van der Waals surface area contributed by atoms with Gasteiger partial charge in [0.1, 0.15) is 13.2 Å². The summed E-state index contributed by atoms with van der Waals surface area (Å²) >= 11 is 0. The van der Waals surface area contributed by atoms with Gasteiger partial charge in [0.15, 0.2) is 6.10 Å². The van der Waals surface area contributed by atoms with E-state index >= 15 is 0 Å². The summed E-state index contributed by atoms with van der Waals surface area (Å²) in [5.74, 6) is -0.866. The van der Waals surface area contributed by atoms with Gasteiger partial charge >= 0.3 is 17.9 Å². The number of carbonyl (C=O) groups excluding carboxylic acids is 3. The number of allylic oxidation sites excluding steroid dienone is 12. The molecule has 0 aliphatic rings. The summed E-state index contributed by atoms with van der Waals surface area (Å²) < 4.78 is 16.9. The van der Waals surface area contributed by atoms with Gasteiger partial charge in [-0.1, -0.05) is 312 Å². The van der Waals surface area contributed by atoms with Gasteiger partial charge in [0.25, 0.3) is 0 Å². The minimum absolute atomic E-state index is 0.0733. The molecule has 0 rings (SSSR count). The molecule has 0 aliphatic heterocycles. The molecular weight excluding hydrogens is 949 g/mol. The van der Waals surface area contributed by atoms with Crippen LogP contribution < -0.4 is 0 Å². The molecule has 0 bridgehead atoms. The summed E-state index contributed by atoms with van der Waals surface area (Å²) in [5.41, 5.74) is 0. The Morgan fingerprint density at radius 1 is 0.273 bits per heavy atom. The van der Waals surface area contributed by atoms with E-state index in [0.717, 1.165) is 103 Å². The van der Waals surface area contributed by atoms with Crippen LogP contribution in [0, 0.1) is 0 Å². The second-order valence-electron chi connectivity index (χ2n) is 22.4. The van der Waals surface area contributed by atoms with Gasteiger partial charge in [-0.05, 0) is 83.5 Å². The Kier molecular flexibility index (Phi) is 62.7. The zero-order chi connectivity index (χ0) is 55.7. The standard InChI is InChI=1S/C71H126O6/c1-4-7-10-13-16-19-22-24-26-28-30-31-32-33-34-35-36-37-38-39-40-41-42-44-45-47-49-52-55-58-61-64-70(73)76-67-68(66-75-69(72)63-60-57-54-51-21-18-15-12-9-6-3)77-71(74)65-62-59-56-53-50-48-46-43-29-27-25-23-20-17-14-11-8-5-2/h7,10,12,15-16,19,24,26,30-31,33-34,68H,4-6,8-9,11,13-14,17-18,20-23,25,27-29,32,35-67H2,1-3H3/b10-7-,15-12-,19-16-,26-24-,31-30-,34-33-. The molecule has 0 radical (unpaired) electrons. The fourth-order valence-electron chi connectivity index (χ4n) is 9.71. The molecule has 77 heavy (non-hydrogen) atoms. The van der Waals surface area contributed by atoms with Crippen LogP contribution >= 0.6 is 0 Å². The Balaban J connectivity index is 4.13. The topological polar surface area (TPSA) is 78.9 Å². The molecular formula is C71H126O6. The maximum absolute atomic E-state index is 12.9. The highest BCUT2D eigenvalue weighted by atomic mass is 16.6. The van der Waals surface area contributed by atoms with E-state index in [9.17, 15) is 14.4 Å². The summed E-state index contributed by atoms with van der Waals surface area (Å²) in [4.78, 5) is 38.2. The first kappa shape index (κ1) is 73.8. The number of hydrogen-bond acceptors (Lipinski definition) is 6. The van der Waals surface area contributed by atoms with Gasteiger partial charge < -0.3 is 14.2 Å². The normalized spacial score (nSPS) is 12.5. The van der Waals surface area contributed by atoms with Gasteiger partial charge in [0.05, 0.1) is 0 Å². The summed E-state index contributed by atoms with van der Waals surface area (Å²) in [7, 11) is 0. The number of rotatable bonds is 61. The van der Waals surface area contributed by atoms with Crippen molar-refractivity contribution in [2.24, 2.45) is 0 Å². The van der Waals surface area contributed by atoms with Crippen molar-refractivity contribution in [3.05, 3.63) is 72.9 Å². The van der Waals surface area contributed by atoms with Gasteiger partial charge in [-0.15, -0.1) is 0 Å². The number of carbonyl (C=O) groups is 3. The van der Waals surface area contributed by atoms with E-state index in [1.54, 1.807) is 0 Å². The van der Waals surface area contributed by atoms with Gasteiger partial charge in [0.2, 0.25) is 0 Å². The number of hydrogen-bond donors (Lipinski definition) is 0. The van der Waals surface area contributed by atoms with Crippen LogP contribution in [0.3, 0.4) is 0 Å². The Morgan fingerprint density at radius 3 is 0.857 bits per heavy atom. The monoisotopic (exact) mass is 1070 g/mol. The Hall–Kier alpha value is -3.15. The number of esters is 3. The predicted molar refractivity (Wildman–Crippen MR) is 335 cm³/mol. The van der Waals surface area contributed by atoms with Crippen molar-refractivity contribution in [1.82, 2.24) is 0 Å². The van der Waals surface area contributed by atoms with Crippen molar-refractivity contribution < 1.29 is 28.6 Å². The van der Waals surface area contributed by atoms with Crippen LogP contribution in [-0.2, 0) is 28.6 Å². The molecule has 0 N–H and O–H groups in total. The van der Waals surface area contributed by atoms with Crippen molar-refractivity contribution in [3.8, 4) is 0 Å². The van der Waals surface area contributed by atoms with Crippen molar-refractivity contribution in [2.45, 2.75) is 348 Å². The zero-order valence-corrected chi connectivity index (χ0v) is 51.2. The Labute approximate surface area is 478 Å². The van der Waals surface area contributed by atoms with E-state index in [0.29, 0.717) is 19.3 Å². The minimum Gasteiger partial charge on any atom is -0.462 e. The van der Waals surface area contributed by atoms with Crippen molar-refractivity contribution in [1.29, 1.82) is 0 Å².